The van der Waals surface area contributed by atoms with Gasteiger partial charge in [-0.05, 0) is 30.7 Å². The number of anilines is 1. The number of carbonyl (C=O) groups is 1. The van der Waals surface area contributed by atoms with E-state index in [1.165, 1.54) is 7.11 Å². The summed E-state index contributed by atoms with van der Waals surface area (Å²) in [6.07, 6.45) is 3.42. The predicted octanol–water partition coefficient (Wildman–Crippen LogP) is 2.16. The van der Waals surface area contributed by atoms with Gasteiger partial charge < -0.3 is 15.8 Å². The largest absolute Gasteiger partial charge is 0.496 e. The number of nitrogens with zero attached hydrogens (tertiary/aromatic N) is 1. The van der Waals surface area contributed by atoms with E-state index < -0.39 is 0 Å². The number of benzene rings is 1. The molecule has 0 spiro atoms. The van der Waals surface area contributed by atoms with Gasteiger partial charge in [0.1, 0.15) is 5.75 Å². The second kappa shape index (κ2) is 6.06. The number of nitrogen functional groups attached to an aromatic ring is 1. The van der Waals surface area contributed by atoms with Gasteiger partial charge in [0.05, 0.1) is 18.7 Å². The van der Waals surface area contributed by atoms with E-state index in [0.29, 0.717) is 17.0 Å². The lowest BCUT2D eigenvalue weighted by Gasteiger charge is -2.15. The number of nitrogens with two attached hydrogens (primary N) is 1. The molecule has 1 heterocycles. The van der Waals surface area contributed by atoms with Gasteiger partial charge in [-0.3, -0.25) is 9.78 Å². The molecule has 1 aromatic heterocycles. The van der Waals surface area contributed by atoms with Crippen molar-refractivity contribution >= 4 is 11.6 Å². The summed E-state index contributed by atoms with van der Waals surface area (Å²) in [7, 11) is 1.51. The van der Waals surface area contributed by atoms with Gasteiger partial charge in [-0.2, -0.15) is 0 Å². The van der Waals surface area contributed by atoms with E-state index in [1.54, 1.807) is 30.6 Å². The SMILES string of the molecule is COc1cc(N)ccc1C(=O)NC(C)c1cccnc1. The average Bonchev–Trinajstić information content (AvgIpc) is 2.47. The van der Waals surface area contributed by atoms with Crippen molar-refractivity contribution in [3.05, 3.63) is 53.9 Å². The van der Waals surface area contributed by atoms with Crippen LogP contribution in [0.4, 0.5) is 5.69 Å². The summed E-state index contributed by atoms with van der Waals surface area (Å²) in [4.78, 5) is 16.3. The van der Waals surface area contributed by atoms with Crippen LogP contribution in [0, 0.1) is 0 Å². The van der Waals surface area contributed by atoms with Crippen LogP contribution in [0.15, 0.2) is 42.7 Å². The second-order valence-electron chi connectivity index (χ2n) is 4.44. The average molecular weight is 271 g/mol. The van der Waals surface area contributed by atoms with Gasteiger partial charge in [0, 0.05) is 24.1 Å². The minimum atomic E-state index is -0.210. The summed E-state index contributed by atoms with van der Waals surface area (Å²) in [6.45, 7) is 1.90. The fraction of sp³-hybridized carbons (Fsp3) is 0.200. The summed E-state index contributed by atoms with van der Waals surface area (Å²) >= 11 is 0. The van der Waals surface area contributed by atoms with Crippen molar-refractivity contribution in [3.63, 3.8) is 0 Å². The summed E-state index contributed by atoms with van der Waals surface area (Å²) in [6, 6.07) is 8.56. The Balaban J connectivity index is 2.16. The third-order valence-corrected chi connectivity index (χ3v) is 3.00. The van der Waals surface area contributed by atoms with Crippen LogP contribution in [-0.4, -0.2) is 18.0 Å². The fourth-order valence-corrected chi connectivity index (χ4v) is 1.89. The van der Waals surface area contributed by atoms with Crippen molar-refractivity contribution in [2.45, 2.75) is 13.0 Å². The van der Waals surface area contributed by atoms with Crippen molar-refractivity contribution < 1.29 is 9.53 Å². The monoisotopic (exact) mass is 271 g/mol. The Hall–Kier alpha value is -2.56. The zero-order valence-corrected chi connectivity index (χ0v) is 11.5. The molecule has 0 radical (unpaired) electrons. The topological polar surface area (TPSA) is 77.2 Å². The Morgan fingerprint density at radius 1 is 1.40 bits per heavy atom. The molecule has 2 aromatic rings. The van der Waals surface area contributed by atoms with E-state index >= 15 is 0 Å². The highest BCUT2D eigenvalue weighted by Crippen LogP contribution is 2.22. The van der Waals surface area contributed by atoms with E-state index in [1.807, 2.05) is 19.1 Å². The molecule has 2 rings (SSSR count). The highest BCUT2D eigenvalue weighted by Gasteiger charge is 2.15. The quantitative estimate of drug-likeness (QED) is 0.835. The summed E-state index contributed by atoms with van der Waals surface area (Å²) in [5, 5.41) is 2.91. The highest BCUT2D eigenvalue weighted by atomic mass is 16.5. The first-order chi connectivity index (χ1) is 9.61. The maximum atomic E-state index is 12.3. The van der Waals surface area contributed by atoms with Crippen LogP contribution in [0.1, 0.15) is 28.9 Å². The Kier molecular flexibility index (Phi) is 4.20. The van der Waals surface area contributed by atoms with E-state index in [2.05, 4.69) is 10.3 Å². The van der Waals surface area contributed by atoms with E-state index in [0.717, 1.165) is 5.56 Å². The van der Waals surface area contributed by atoms with Crippen LogP contribution in [0.2, 0.25) is 0 Å². The number of carbonyl (C=O) groups excluding carboxylic acids is 1. The number of ether oxygens (including phenoxy) is 1. The Bertz CT molecular complexity index is 599. The summed E-state index contributed by atoms with van der Waals surface area (Å²) < 4.78 is 5.18. The first-order valence-corrected chi connectivity index (χ1v) is 6.26. The molecule has 5 nitrogen and oxygen atoms in total. The molecule has 0 aliphatic rings. The number of pyridine rings is 1. The molecule has 1 atom stereocenters. The van der Waals surface area contributed by atoms with Gasteiger partial charge in [0.15, 0.2) is 0 Å². The number of aromatic nitrogens is 1. The lowest BCUT2D eigenvalue weighted by atomic mass is 10.1. The lowest BCUT2D eigenvalue weighted by molar-refractivity contribution is 0.0937. The van der Waals surface area contributed by atoms with Crippen molar-refractivity contribution in [1.82, 2.24) is 10.3 Å². The number of hydrogen-bond acceptors (Lipinski definition) is 4. The first kappa shape index (κ1) is 13.9. The lowest BCUT2D eigenvalue weighted by Crippen LogP contribution is -2.27. The van der Waals surface area contributed by atoms with Crippen molar-refractivity contribution in [2.24, 2.45) is 0 Å². The number of hydrogen-bond donors (Lipinski definition) is 2. The minimum absolute atomic E-state index is 0.140. The Morgan fingerprint density at radius 3 is 2.85 bits per heavy atom. The van der Waals surface area contributed by atoms with Gasteiger partial charge in [0.2, 0.25) is 0 Å². The Morgan fingerprint density at radius 2 is 2.20 bits per heavy atom. The molecule has 0 fully saturated rings. The molecule has 1 aromatic carbocycles. The highest BCUT2D eigenvalue weighted by molar-refractivity contribution is 5.97. The molecule has 5 heteroatoms. The number of nitrogens with one attached hydrogen (secondary N) is 1. The molecule has 0 aliphatic heterocycles. The van der Waals surface area contributed by atoms with Crippen molar-refractivity contribution in [3.8, 4) is 5.75 Å². The molecule has 1 amide bonds. The molecule has 3 N–H and O–H groups in total. The molecule has 104 valence electrons. The number of amides is 1. The first-order valence-electron chi connectivity index (χ1n) is 6.26. The van der Waals surface area contributed by atoms with Gasteiger partial charge in [-0.25, -0.2) is 0 Å². The van der Waals surface area contributed by atoms with Gasteiger partial charge in [0.25, 0.3) is 5.91 Å². The summed E-state index contributed by atoms with van der Waals surface area (Å²) in [5.74, 6) is 0.249. The second-order valence-corrected chi connectivity index (χ2v) is 4.44. The summed E-state index contributed by atoms with van der Waals surface area (Å²) in [5.41, 5.74) is 7.63. The molecule has 20 heavy (non-hydrogen) atoms. The van der Waals surface area contributed by atoms with Crippen molar-refractivity contribution in [2.75, 3.05) is 12.8 Å². The molecule has 1 unspecified atom stereocenters. The molecule has 0 saturated heterocycles. The third-order valence-electron chi connectivity index (χ3n) is 3.00. The molecule has 0 saturated carbocycles. The van der Waals surface area contributed by atoms with Crippen LogP contribution in [0.3, 0.4) is 0 Å². The predicted molar refractivity (Wildman–Crippen MR) is 77.5 cm³/mol. The van der Waals surface area contributed by atoms with E-state index in [9.17, 15) is 4.79 Å². The van der Waals surface area contributed by atoms with Crippen LogP contribution in [0.5, 0.6) is 5.75 Å². The third kappa shape index (κ3) is 3.06. The number of rotatable bonds is 4. The standard InChI is InChI=1S/C15H17N3O2/c1-10(11-4-3-7-17-9-11)18-15(19)13-6-5-12(16)8-14(13)20-2/h3-10H,16H2,1-2H3,(H,18,19). The van der Waals surface area contributed by atoms with Crippen LogP contribution in [-0.2, 0) is 0 Å². The maximum Gasteiger partial charge on any atom is 0.255 e. The minimum Gasteiger partial charge on any atom is -0.496 e. The normalized spacial score (nSPS) is 11.7. The smallest absolute Gasteiger partial charge is 0.255 e. The van der Waals surface area contributed by atoms with Crippen molar-refractivity contribution in [1.29, 1.82) is 0 Å². The molecule has 0 aliphatic carbocycles. The Labute approximate surface area is 117 Å². The van der Waals surface area contributed by atoms with E-state index in [4.69, 9.17) is 10.5 Å². The van der Waals surface area contributed by atoms with Crippen LogP contribution in [0.25, 0.3) is 0 Å². The fourth-order valence-electron chi connectivity index (χ4n) is 1.89. The zero-order valence-electron chi connectivity index (χ0n) is 11.5. The van der Waals surface area contributed by atoms with Gasteiger partial charge >= 0.3 is 0 Å². The molecule has 0 bridgehead atoms. The van der Waals surface area contributed by atoms with E-state index in [-0.39, 0.29) is 11.9 Å². The van der Waals surface area contributed by atoms with Crippen LogP contribution >= 0.6 is 0 Å². The maximum absolute atomic E-state index is 12.3. The number of methoxy groups -OCH3 is 1. The zero-order chi connectivity index (χ0) is 14.5. The molecular formula is C15H17N3O2. The van der Waals surface area contributed by atoms with Crippen LogP contribution < -0.4 is 15.8 Å². The van der Waals surface area contributed by atoms with Gasteiger partial charge in [-0.15, -0.1) is 0 Å². The molecular weight excluding hydrogens is 254 g/mol. The van der Waals surface area contributed by atoms with Gasteiger partial charge in [-0.1, -0.05) is 6.07 Å².